The average molecular weight is 251 g/mol. The first-order chi connectivity index (χ1) is 8.40. The maximum absolute atomic E-state index is 10.5. The Labute approximate surface area is 103 Å². The molecule has 0 aromatic heterocycles. The highest BCUT2D eigenvalue weighted by Gasteiger charge is 2.07. The van der Waals surface area contributed by atoms with E-state index in [0.717, 1.165) is 5.01 Å². The molecule has 0 saturated heterocycles. The van der Waals surface area contributed by atoms with Crippen molar-refractivity contribution in [1.29, 1.82) is 0 Å². The molecule has 0 N–H and O–H groups in total. The summed E-state index contributed by atoms with van der Waals surface area (Å²) >= 11 is 0. The van der Waals surface area contributed by atoms with Gasteiger partial charge in [0.25, 0.3) is 5.69 Å². The lowest BCUT2D eigenvalue weighted by atomic mass is 10.2. The Bertz CT molecular complexity index is 501. The van der Waals surface area contributed by atoms with E-state index in [9.17, 15) is 20.0 Å². The molecule has 0 radical (unpaired) electrons. The van der Waals surface area contributed by atoms with E-state index >= 15 is 0 Å². The Morgan fingerprint density at radius 1 is 1.50 bits per heavy atom. The van der Waals surface area contributed by atoms with Crippen molar-refractivity contribution in [1.82, 2.24) is 5.01 Å². The number of hydrogen-bond donors (Lipinski definition) is 0. The highest BCUT2D eigenvalue weighted by atomic mass is 16.6. The van der Waals surface area contributed by atoms with Gasteiger partial charge in [0.1, 0.15) is 0 Å². The molecule has 0 fully saturated rings. The van der Waals surface area contributed by atoms with Crippen molar-refractivity contribution in [3.63, 3.8) is 0 Å². The van der Waals surface area contributed by atoms with Crippen molar-refractivity contribution in [3.8, 4) is 0 Å². The molecule has 0 bridgehead atoms. The molecule has 0 aliphatic heterocycles. The van der Waals surface area contributed by atoms with Crippen LogP contribution in [0, 0.1) is 17.0 Å². The van der Waals surface area contributed by atoms with E-state index in [1.807, 2.05) is 0 Å². The molecule has 0 aliphatic carbocycles. The number of carbonyl (C=O) groups excluding carboxylic acids is 1. The summed E-state index contributed by atoms with van der Waals surface area (Å²) in [7, 11) is 1.43. The van der Waals surface area contributed by atoms with E-state index in [0.29, 0.717) is 11.3 Å². The Morgan fingerprint density at radius 2 is 2.17 bits per heavy atom. The van der Waals surface area contributed by atoms with Crippen molar-refractivity contribution in [3.05, 3.63) is 33.9 Å². The number of nitro groups is 1. The number of non-ortho nitro benzene ring substituents is 1. The summed E-state index contributed by atoms with van der Waals surface area (Å²) < 4.78 is 0. The van der Waals surface area contributed by atoms with Gasteiger partial charge in [-0.15, -0.1) is 5.11 Å². The normalized spacial score (nSPS) is 10.6. The fraction of sp³-hybridized carbons (Fsp3) is 0.300. The number of carboxylic acids is 1. The third-order valence-corrected chi connectivity index (χ3v) is 2.05. The Hall–Kier alpha value is -2.51. The number of benzene rings is 1. The molecule has 1 aromatic carbocycles. The summed E-state index contributed by atoms with van der Waals surface area (Å²) in [5.74, 6) is -1.27. The number of likely N-dealkylation sites (N-methyl/N-ethyl adjacent to an activating group) is 1. The first kappa shape index (κ1) is 13.6. The van der Waals surface area contributed by atoms with Gasteiger partial charge in [-0.1, -0.05) is 5.22 Å². The summed E-state index contributed by atoms with van der Waals surface area (Å²) in [6.07, 6.45) is 0. The van der Waals surface area contributed by atoms with Crippen LogP contribution in [0.2, 0.25) is 0 Å². The third kappa shape index (κ3) is 3.81. The van der Waals surface area contributed by atoms with Crippen LogP contribution in [0.4, 0.5) is 11.4 Å². The van der Waals surface area contributed by atoms with Gasteiger partial charge in [-0.25, -0.2) is 0 Å². The maximum atomic E-state index is 10.5. The SMILES string of the molecule is Cc1cc([N+](=O)[O-])ccc1N=NN(C)CC(=O)[O-]. The Morgan fingerprint density at radius 3 is 2.67 bits per heavy atom. The van der Waals surface area contributed by atoms with Crippen molar-refractivity contribution < 1.29 is 14.8 Å². The summed E-state index contributed by atoms with van der Waals surface area (Å²) in [4.78, 5) is 20.3. The largest absolute Gasteiger partial charge is 0.548 e. The molecule has 1 aromatic rings. The lowest BCUT2D eigenvalue weighted by Gasteiger charge is -2.11. The molecule has 0 atom stereocenters. The standard InChI is InChI=1S/C10H12N4O4/c1-7-5-8(14(17)18)3-4-9(7)11-12-13(2)6-10(15)16/h3-5H,6H2,1-2H3,(H,15,16)/p-1. The minimum absolute atomic E-state index is 0.0328. The molecular formula is C10H11N4O4-. The monoisotopic (exact) mass is 251 g/mol. The quantitative estimate of drug-likeness (QED) is 0.431. The zero-order valence-electron chi connectivity index (χ0n) is 9.86. The molecule has 0 heterocycles. The fourth-order valence-corrected chi connectivity index (χ4v) is 1.21. The molecule has 0 spiro atoms. The van der Waals surface area contributed by atoms with Crippen molar-refractivity contribution in [2.24, 2.45) is 10.3 Å². The van der Waals surface area contributed by atoms with Crippen LogP contribution < -0.4 is 5.11 Å². The van der Waals surface area contributed by atoms with Gasteiger partial charge in [0.05, 0.1) is 23.1 Å². The highest BCUT2D eigenvalue weighted by Crippen LogP contribution is 2.23. The first-order valence-electron chi connectivity index (χ1n) is 4.98. The van der Waals surface area contributed by atoms with Gasteiger partial charge in [0, 0.05) is 19.2 Å². The van der Waals surface area contributed by atoms with Crippen LogP contribution >= 0.6 is 0 Å². The van der Waals surface area contributed by atoms with E-state index in [4.69, 9.17) is 0 Å². The van der Waals surface area contributed by atoms with Crippen LogP contribution in [0.25, 0.3) is 0 Å². The third-order valence-electron chi connectivity index (χ3n) is 2.05. The predicted molar refractivity (Wildman–Crippen MR) is 60.0 cm³/mol. The number of hydrogen-bond acceptors (Lipinski definition) is 6. The maximum Gasteiger partial charge on any atom is 0.269 e. The second-order valence-corrected chi connectivity index (χ2v) is 3.61. The predicted octanol–water partition coefficient (Wildman–Crippen LogP) is 0.584. The van der Waals surface area contributed by atoms with Crippen LogP contribution in [0.5, 0.6) is 0 Å². The van der Waals surface area contributed by atoms with Crippen molar-refractivity contribution >= 4 is 17.3 Å². The highest BCUT2D eigenvalue weighted by molar-refractivity contribution is 5.66. The molecular weight excluding hydrogens is 240 g/mol. The minimum Gasteiger partial charge on any atom is -0.548 e. The topological polar surface area (TPSA) is 111 Å². The molecule has 0 unspecified atom stereocenters. The minimum atomic E-state index is -1.27. The van der Waals surface area contributed by atoms with E-state index in [1.54, 1.807) is 6.92 Å². The zero-order chi connectivity index (χ0) is 13.7. The molecule has 1 rings (SSSR count). The summed E-state index contributed by atoms with van der Waals surface area (Å²) in [5.41, 5.74) is 0.982. The Kier molecular flexibility index (Phi) is 4.30. The molecule has 0 aliphatic rings. The summed E-state index contributed by atoms with van der Waals surface area (Å²) in [6.45, 7) is 1.27. The lowest BCUT2D eigenvalue weighted by Crippen LogP contribution is -2.33. The number of aliphatic carboxylic acids is 1. The van der Waals surface area contributed by atoms with Crippen molar-refractivity contribution in [2.45, 2.75) is 6.92 Å². The van der Waals surface area contributed by atoms with Crippen LogP contribution in [0.1, 0.15) is 5.56 Å². The number of nitro benzene ring substituents is 1. The zero-order valence-corrected chi connectivity index (χ0v) is 9.86. The van der Waals surface area contributed by atoms with Crippen LogP contribution in [-0.2, 0) is 4.79 Å². The number of carboxylic acid groups (broad SMARTS) is 1. The number of nitrogens with zero attached hydrogens (tertiary/aromatic N) is 4. The molecule has 8 nitrogen and oxygen atoms in total. The number of aryl methyl sites for hydroxylation is 1. The van der Waals surface area contributed by atoms with Gasteiger partial charge in [-0.05, 0) is 18.6 Å². The van der Waals surface area contributed by atoms with E-state index in [-0.39, 0.29) is 12.2 Å². The van der Waals surface area contributed by atoms with Gasteiger partial charge < -0.3 is 9.90 Å². The smallest absolute Gasteiger partial charge is 0.269 e. The van der Waals surface area contributed by atoms with Crippen LogP contribution in [0.15, 0.2) is 28.5 Å². The van der Waals surface area contributed by atoms with Gasteiger partial charge >= 0.3 is 0 Å². The van der Waals surface area contributed by atoms with Gasteiger partial charge in [0.15, 0.2) is 0 Å². The second kappa shape index (κ2) is 5.71. The van der Waals surface area contributed by atoms with Crippen molar-refractivity contribution in [2.75, 3.05) is 13.6 Å². The summed E-state index contributed by atoms with van der Waals surface area (Å²) in [6, 6.07) is 4.12. The summed E-state index contributed by atoms with van der Waals surface area (Å²) in [5, 5.41) is 29.3. The Balaban J connectivity index is 2.82. The van der Waals surface area contributed by atoms with E-state index < -0.39 is 10.9 Å². The number of carbonyl (C=O) groups is 1. The average Bonchev–Trinajstić information content (AvgIpc) is 2.26. The molecule has 18 heavy (non-hydrogen) atoms. The fourth-order valence-electron chi connectivity index (χ4n) is 1.21. The lowest BCUT2D eigenvalue weighted by molar-refractivity contribution is -0.384. The molecule has 96 valence electrons. The molecule has 0 saturated carbocycles. The van der Waals surface area contributed by atoms with Crippen LogP contribution in [-0.4, -0.2) is 29.5 Å². The van der Waals surface area contributed by atoms with E-state index in [2.05, 4.69) is 10.3 Å². The van der Waals surface area contributed by atoms with E-state index in [1.165, 1.54) is 25.2 Å². The van der Waals surface area contributed by atoms with Gasteiger partial charge in [0.2, 0.25) is 0 Å². The number of rotatable bonds is 5. The molecule has 8 heteroatoms. The molecule has 0 amide bonds. The van der Waals surface area contributed by atoms with Gasteiger partial charge in [-0.3, -0.25) is 15.1 Å². The van der Waals surface area contributed by atoms with Gasteiger partial charge in [-0.2, -0.15) is 0 Å². The second-order valence-electron chi connectivity index (χ2n) is 3.61. The van der Waals surface area contributed by atoms with Crippen LogP contribution in [0.3, 0.4) is 0 Å². The first-order valence-corrected chi connectivity index (χ1v) is 4.98.